The van der Waals surface area contributed by atoms with Crippen molar-refractivity contribution in [2.75, 3.05) is 32.4 Å². The van der Waals surface area contributed by atoms with Gasteiger partial charge in [-0.25, -0.2) is 0 Å². The predicted octanol–water partition coefficient (Wildman–Crippen LogP) is 2.28. The monoisotopic (exact) mass is 281 g/mol. The fourth-order valence-corrected chi connectivity index (χ4v) is 3.47. The maximum absolute atomic E-state index is 12.4. The van der Waals surface area contributed by atoms with Crippen LogP contribution >= 0.6 is 11.3 Å². The molecule has 1 aliphatic rings. The summed E-state index contributed by atoms with van der Waals surface area (Å²) in [5.74, 6) is 0.0708. The Morgan fingerprint density at radius 3 is 2.74 bits per heavy atom. The van der Waals surface area contributed by atoms with Crippen molar-refractivity contribution in [3.8, 4) is 0 Å². The van der Waals surface area contributed by atoms with Crippen molar-refractivity contribution in [2.24, 2.45) is 0 Å². The van der Waals surface area contributed by atoms with Crippen LogP contribution < -0.4 is 5.73 Å². The van der Waals surface area contributed by atoms with Crippen LogP contribution in [0, 0.1) is 0 Å². The Balaban J connectivity index is 1.92. The number of piperidine rings is 1. The van der Waals surface area contributed by atoms with Crippen LogP contribution in [0.25, 0.3) is 0 Å². The van der Waals surface area contributed by atoms with Gasteiger partial charge in [-0.15, -0.1) is 11.3 Å². The topological polar surface area (TPSA) is 49.6 Å². The minimum Gasteiger partial charge on any atom is -0.397 e. The Morgan fingerprint density at radius 1 is 1.53 bits per heavy atom. The van der Waals surface area contributed by atoms with Crippen LogP contribution in [0.2, 0.25) is 0 Å². The van der Waals surface area contributed by atoms with Crippen LogP contribution in [0.1, 0.15) is 35.9 Å². The van der Waals surface area contributed by atoms with Crippen LogP contribution in [-0.2, 0) is 0 Å². The van der Waals surface area contributed by atoms with E-state index >= 15 is 0 Å². The summed E-state index contributed by atoms with van der Waals surface area (Å²) < 4.78 is 0. The van der Waals surface area contributed by atoms with Crippen molar-refractivity contribution in [3.63, 3.8) is 0 Å². The molecule has 2 rings (SSSR count). The zero-order chi connectivity index (χ0) is 13.8. The first kappa shape index (κ1) is 14.3. The fraction of sp³-hybridized carbons (Fsp3) is 0.643. The van der Waals surface area contributed by atoms with E-state index in [9.17, 15) is 4.79 Å². The van der Waals surface area contributed by atoms with Gasteiger partial charge in [0.2, 0.25) is 0 Å². The highest BCUT2D eigenvalue weighted by atomic mass is 32.1. The van der Waals surface area contributed by atoms with Gasteiger partial charge in [0.05, 0.1) is 5.69 Å². The third-order valence-corrected chi connectivity index (χ3v) is 4.77. The summed E-state index contributed by atoms with van der Waals surface area (Å²) in [6.07, 6.45) is 3.33. The number of likely N-dealkylation sites (tertiary alicyclic amines) is 1. The summed E-state index contributed by atoms with van der Waals surface area (Å²) in [7, 11) is 1.90. The molecule has 1 amide bonds. The minimum atomic E-state index is 0.0708. The van der Waals surface area contributed by atoms with E-state index in [-0.39, 0.29) is 5.91 Å². The van der Waals surface area contributed by atoms with E-state index in [1.54, 1.807) is 6.07 Å². The summed E-state index contributed by atoms with van der Waals surface area (Å²) in [6, 6.07) is 2.15. The second-order valence-electron chi connectivity index (χ2n) is 5.19. The standard InChI is InChI=1S/C14H23N3OS/c1-3-7-17-8-4-11(5-9-17)16(2)14(18)13-12(15)6-10-19-13/h6,10-11H,3-5,7-9,15H2,1-2H3. The van der Waals surface area contributed by atoms with Gasteiger partial charge in [-0.05, 0) is 37.3 Å². The van der Waals surface area contributed by atoms with Gasteiger partial charge >= 0.3 is 0 Å². The molecule has 106 valence electrons. The third-order valence-electron chi connectivity index (χ3n) is 3.85. The van der Waals surface area contributed by atoms with Crippen LogP contribution in [0.5, 0.6) is 0 Å². The molecule has 0 bridgehead atoms. The molecular formula is C14H23N3OS. The lowest BCUT2D eigenvalue weighted by Gasteiger charge is -2.36. The summed E-state index contributed by atoms with van der Waals surface area (Å²) in [5, 5.41) is 1.88. The molecule has 1 aromatic heterocycles. The van der Waals surface area contributed by atoms with Gasteiger partial charge in [0, 0.05) is 26.2 Å². The molecule has 1 aromatic rings. The van der Waals surface area contributed by atoms with Crippen molar-refractivity contribution in [3.05, 3.63) is 16.3 Å². The molecular weight excluding hydrogens is 258 g/mol. The smallest absolute Gasteiger partial charge is 0.266 e. The van der Waals surface area contributed by atoms with Crippen molar-refractivity contribution in [1.82, 2.24) is 9.80 Å². The van der Waals surface area contributed by atoms with E-state index in [1.165, 1.54) is 24.3 Å². The molecule has 1 aliphatic heterocycles. The van der Waals surface area contributed by atoms with E-state index in [2.05, 4.69) is 11.8 Å². The zero-order valence-corrected chi connectivity index (χ0v) is 12.6. The predicted molar refractivity (Wildman–Crippen MR) is 80.6 cm³/mol. The Morgan fingerprint density at radius 2 is 2.21 bits per heavy atom. The molecule has 2 N–H and O–H groups in total. The Bertz CT molecular complexity index is 424. The largest absolute Gasteiger partial charge is 0.397 e. The molecule has 0 spiro atoms. The van der Waals surface area contributed by atoms with Crippen LogP contribution in [0.3, 0.4) is 0 Å². The summed E-state index contributed by atoms with van der Waals surface area (Å²) in [4.78, 5) is 17.4. The summed E-state index contributed by atoms with van der Waals surface area (Å²) in [5.41, 5.74) is 6.43. The number of hydrogen-bond acceptors (Lipinski definition) is 4. The van der Waals surface area contributed by atoms with E-state index < -0.39 is 0 Å². The van der Waals surface area contributed by atoms with Crippen LogP contribution in [0.4, 0.5) is 5.69 Å². The number of thiophene rings is 1. The summed E-state index contributed by atoms with van der Waals surface area (Å²) in [6.45, 7) is 5.57. The number of carbonyl (C=O) groups is 1. The molecule has 19 heavy (non-hydrogen) atoms. The number of hydrogen-bond donors (Lipinski definition) is 1. The molecule has 0 unspecified atom stereocenters. The fourth-order valence-electron chi connectivity index (χ4n) is 2.67. The van der Waals surface area contributed by atoms with Crippen molar-refractivity contribution < 1.29 is 4.79 Å². The van der Waals surface area contributed by atoms with Gasteiger partial charge in [-0.1, -0.05) is 6.92 Å². The van der Waals surface area contributed by atoms with Gasteiger partial charge in [-0.2, -0.15) is 0 Å². The van der Waals surface area contributed by atoms with Crippen LogP contribution in [0.15, 0.2) is 11.4 Å². The lowest BCUT2D eigenvalue weighted by molar-refractivity contribution is 0.0648. The number of nitrogen functional groups attached to an aromatic ring is 1. The third kappa shape index (κ3) is 3.28. The molecule has 5 heteroatoms. The minimum absolute atomic E-state index is 0.0708. The van der Waals surface area contributed by atoms with E-state index in [0.717, 1.165) is 25.9 Å². The molecule has 0 aromatic carbocycles. The molecule has 4 nitrogen and oxygen atoms in total. The highest BCUT2D eigenvalue weighted by molar-refractivity contribution is 7.12. The maximum Gasteiger partial charge on any atom is 0.266 e. The number of anilines is 1. The van der Waals surface area contributed by atoms with Gasteiger partial charge in [0.1, 0.15) is 4.88 Å². The van der Waals surface area contributed by atoms with Crippen molar-refractivity contribution in [1.29, 1.82) is 0 Å². The van der Waals surface area contributed by atoms with Gasteiger partial charge in [-0.3, -0.25) is 4.79 Å². The second kappa shape index (κ2) is 6.39. The molecule has 1 fully saturated rings. The van der Waals surface area contributed by atoms with E-state index in [0.29, 0.717) is 16.6 Å². The SMILES string of the molecule is CCCN1CCC(N(C)C(=O)c2sccc2N)CC1. The van der Waals surface area contributed by atoms with Gasteiger partial charge in [0.15, 0.2) is 0 Å². The number of rotatable bonds is 4. The zero-order valence-electron chi connectivity index (χ0n) is 11.8. The Labute approximate surface area is 119 Å². The van der Waals surface area contributed by atoms with Gasteiger partial charge in [0.25, 0.3) is 5.91 Å². The van der Waals surface area contributed by atoms with E-state index in [4.69, 9.17) is 5.73 Å². The number of amides is 1. The molecule has 2 heterocycles. The normalized spacial score (nSPS) is 17.6. The Hall–Kier alpha value is -1.07. The van der Waals surface area contributed by atoms with Crippen LogP contribution in [-0.4, -0.2) is 48.4 Å². The lowest BCUT2D eigenvalue weighted by atomic mass is 10.0. The quantitative estimate of drug-likeness (QED) is 0.921. The second-order valence-corrected chi connectivity index (χ2v) is 6.11. The average molecular weight is 281 g/mol. The first-order chi connectivity index (χ1) is 9.13. The summed E-state index contributed by atoms with van der Waals surface area (Å²) >= 11 is 1.43. The molecule has 0 atom stereocenters. The number of nitrogens with two attached hydrogens (primary N) is 1. The average Bonchev–Trinajstić information content (AvgIpc) is 2.84. The maximum atomic E-state index is 12.4. The molecule has 0 saturated carbocycles. The van der Waals surface area contributed by atoms with E-state index in [1.807, 2.05) is 17.3 Å². The molecule has 0 radical (unpaired) electrons. The number of carbonyl (C=O) groups excluding carboxylic acids is 1. The highest BCUT2D eigenvalue weighted by Crippen LogP contribution is 2.23. The van der Waals surface area contributed by atoms with Crippen molar-refractivity contribution >= 4 is 22.9 Å². The first-order valence-electron chi connectivity index (χ1n) is 6.96. The Kier molecular flexibility index (Phi) is 4.82. The first-order valence-corrected chi connectivity index (χ1v) is 7.84. The molecule has 0 aliphatic carbocycles. The van der Waals surface area contributed by atoms with Crippen molar-refractivity contribution in [2.45, 2.75) is 32.2 Å². The highest BCUT2D eigenvalue weighted by Gasteiger charge is 2.26. The molecule has 1 saturated heterocycles. The van der Waals surface area contributed by atoms with Gasteiger partial charge < -0.3 is 15.5 Å². The lowest BCUT2D eigenvalue weighted by Crippen LogP contribution is -2.45. The number of nitrogens with zero attached hydrogens (tertiary/aromatic N) is 2.